The van der Waals surface area contributed by atoms with Crippen LogP contribution in [0.5, 0.6) is 0 Å². The van der Waals surface area contributed by atoms with Crippen LogP contribution in [0.15, 0.2) is 0 Å². The van der Waals surface area contributed by atoms with Gasteiger partial charge in [0.05, 0.1) is 0 Å². The Balaban J connectivity index is 2.19. The van der Waals surface area contributed by atoms with Crippen molar-refractivity contribution in [3.05, 3.63) is 0 Å². The van der Waals surface area contributed by atoms with Crippen LogP contribution in [-0.2, 0) is 0 Å². The Labute approximate surface area is 45.3 Å². The van der Waals surface area contributed by atoms with E-state index >= 15 is 0 Å². The summed E-state index contributed by atoms with van der Waals surface area (Å²) in [6.07, 6.45) is 0. The quantitative estimate of drug-likeness (QED) is 0.594. The maximum atomic E-state index is 2.30. The average Bonchev–Trinajstić information content (AvgIpc) is 1.41. The first-order valence-electron chi connectivity index (χ1n) is 2.23. The summed E-state index contributed by atoms with van der Waals surface area (Å²) in [6, 6.07) is 0. The molecule has 0 bridgehead atoms. The normalized spacial score (nSPS) is 7.60. The molecule has 0 spiro atoms. The van der Waals surface area contributed by atoms with E-state index in [0.717, 1.165) is 0 Å². The van der Waals surface area contributed by atoms with Crippen molar-refractivity contribution in [1.82, 2.24) is 0 Å². The molecule has 1 radical (unpaired) electrons. The van der Waals surface area contributed by atoms with E-state index in [1.165, 1.54) is 8.35 Å². The molecule has 0 heterocycles. The molecular weight excluding hydrogens is 163 g/mol. The molecule has 0 amide bonds. The van der Waals surface area contributed by atoms with Crippen LogP contribution in [-0.4, -0.2) is 22.9 Å². The minimum atomic E-state index is 0.0800. The van der Waals surface area contributed by atoms with Crippen LogP contribution in [0.25, 0.3) is 0 Å². The predicted octanol–water partition coefficient (Wildman–Crippen LogP) is 1.57. The molecule has 0 aromatic rings. The fraction of sp³-hybridized carbons (Fsp3) is 1.00. The van der Waals surface area contributed by atoms with Crippen molar-refractivity contribution in [2.45, 2.75) is 22.2 Å². The van der Waals surface area contributed by atoms with Crippen LogP contribution in [0.1, 0.15) is 13.8 Å². The average molecular weight is 173 g/mol. The van der Waals surface area contributed by atoms with Gasteiger partial charge in [0.1, 0.15) is 0 Å². The molecular formula is C4H10In. The number of rotatable bonds is 2. The van der Waals surface area contributed by atoms with E-state index < -0.39 is 0 Å². The standard InChI is InChI=1S/2C2H5.In/c2*1-2;/h2*1H2,2H3;. The summed E-state index contributed by atoms with van der Waals surface area (Å²) in [5.41, 5.74) is 0. The third-order valence-electron chi connectivity index (χ3n) is 0.577. The number of hydrogen-bond acceptors (Lipinski definition) is 0. The van der Waals surface area contributed by atoms with Crippen molar-refractivity contribution in [3.8, 4) is 0 Å². The first kappa shape index (κ1) is 5.87. The Morgan fingerprint density at radius 1 is 1.20 bits per heavy atom. The Hall–Kier alpha value is 0.870. The first-order valence-corrected chi connectivity index (χ1v) is 6.89. The van der Waals surface area contributed by atoms with Crippen LogP contribution in [0.3, 0.4) is 0 Å². The zero-order valence-corrected chi connectivity index (χ0v) is 7.29. The van der Waals surface area contributed by atoms with Crippen molar-refractivity contribution >= 4 is 22.9 Å². The predicted molar refractivity (Wildman–Crippen MR) is 26.7 cm³/mol. The molecule has 0 aliphatic carbocycles. The third kappa shape index (κ3) is 4.87. The molecule has 0 aliphatic rings. The molecule has 0 saturated carbocycles. The second kappa shape index (κ2) is 4.87. The molecule has 0 saturated heterocycles. The molecule has 0 aliphatic heterocycles. The zero-order chi connectivity index (χ0) is 4.12. The van der Waals surface area contributed by atoms with E-state index in [9.17, 15) is 0 Å². The van der Waals surface area contributed by atoms with Crippen LogP contribution in [0.2, 0.25) is 8.35 Å². The summed E-state index contributed by atoms with van der Waals surface area (Å²) < 4.78 is 3.07. The first-order chi connectivity index (χ1) is 2.41. The van der Waals surface area contributed by atoms with Crippen molar-refractivity contribution < 1.29 is 0 Å². The molecule has 0 aromatic carbocycles. The van der Waals surface area contributed by atoms with Crippen molar-refractivity contribution in [1.29, 1.82) is 0 Å². The fourth-order valence-electron chi connectivity index (χ4n) is 0.289. The molecule has 5 heavy (non-hydrogen) atoms. The topological polar surface area (TPSA) is 0 Å². The van der Waals surface area contributed by atoms with Gasteiger partial charge in [-0.3, -0.25) is 0 Å². The van der Waals surface area contributed by atoms with Gasteiger partial charge in [0.25, 0.3) is 0 Å². The Kier molecular flexibility index (Phi) is 5.72. The summed E-state index contributed by atoms with van der Waals surface area (Å²) in [6.45, 7) is 4.59. The van der Waals surface area contributed by atoms with Crippen molar-refractivity contribution in [2.24, 2.45) is 0 Å². The van der Waals surface area contributed by atoms with E-state index in [2.05, 4.69) is 13.8 Å². The van der Waals surface area contributed by atoms with Crippen LogP contribution in [0.4, 0.5) is 0 Å². The maximum absolute atomic E-state index is 2.30. The van der Waals surface area contributed by atoms with E-state index in [-0.39, 0.29) is 22.9 Å². The second-order valence-corrected chi connectivity index (χ2v) is 7.41. The van der Waals surface area contributed by atoms with Gasteiger partial charge in [0.15, 0.2) is 0 Å². The molecule has 0 atom stereocenters. The molecule has 0 nitrogen and oxygen atoms in total. The van der Waals surface area contributed by atoms with Crippen molar-refractivity contribution in [2.75, 3.05) is 0 Å². The Morgan fingerprint density at radius 2 is 1.60 bits per heavy atom. The summed E-state index contributed by atoms with van der Waals surface area (Å²) in [5, 5.41) is 0. The van der Waals surface area contributed by atoms with Gasteiger partial charge in [-0.1, -0.05) is 0 Å². The fourth-order valence-corrected chi connectivity index (χ4v) is 1.94. The molecule has 29 valence electrons. The SMILES string of the molecule is C[CH2][In][CH2]C. The molecule has 1 heteroatoms. The minimum absolute atomic E-state index is 0.0800. The molecule has 0 unspecified atom stereocenters. The van der Waals surface area contributed by atoms with E-state index in [4.69, 9.17) is 0 Å². The molecule has 0 aromatic heterocycles. The van der Waals surface area contributed by atoms with Gasteiger partial charge in [0, 0.05) is 0 Å². The third-order valence-corrected chi connectivity index (χ3v) is 3.87. The van der Waals surface area contributed by atoms with Gasteiger partial charge in [0.2, 0.25) is 0 Å². The van der Waals surface area contributed by atoms with Crippen LogP contribution < -0.4 is 0 Å². The molecule has 0 rings (SSSR count). The van der Waals surface area contributed by atoms with Crippen LogP contribution in [0, 0.1) is 0 Å². The van der Waals surface area contributed by atoms with Gasteiger partial charge in [-0.05, 0) is 0 Å². The summed E-state index contributed by atoms with van der Waals surface area (Å²) in [4.78, 5) is 0. The van der Waals surface area contributed by atoms with E-state index in [0.29, 0.717) is 0 Å². The van der Waals surface area contributed by atoms with Gasteiger partial charge < -0.3 is 0 Å². The van der Waals surface area contributed by atoms with Gasteiger partial charge >= 0.3 is 45.1 Å². The van der Waals surface area contributed by atoms with Gasteiger partial charge in [-0.2, -0.15) is 0 Å². The van der Waals surface area contributed by atoms with E-state index in [1.54, 1.807) is 0 Å². The number of hydrogen-bond donors (Lipinski definition) is 0. The van der Waals surface area contributed by atoms with Crippen LogP contribution >= 0.6 is 0 Å². The summed E-state index contributed by atoms with van der Waals surface area (Å²) >= 11 is 0.0800. The van der Waals surface area contributed by atoms with E-state index in [1.807, 2.05) is 0 Å². The van der Waals surface area contributed by atoms with Gasteiger partial charge in [-0.25, -0.2) is 0 Å². The summed E-state index contributed by atoms with van der Waals surface area (Å²) in [5.74, 6) is 0. The Bertz CT molecular complexity index is 11.1. The zero-order valence-electron chi connectivity index (χ0n) is 3.99. The molecule has 0 fully saturated rings. The summed E-state index contributed by atoms with van der Waals surface area (Å²) in [7, 11) is 0. The molecule has 0 N–H and O–H groups in total. The monoisotopic (exact) mass is 173 g/mol. The second-order valence-electron chi connectivity index (χ2n) is 1.11. The Morgan fingerprint density at radius 3 is 1.60 bits per heavy atom. The van der Waals surface area contributed by atoms with Gasteiger partial charge in [-0.15, -0.1) is 0 Å². The van der Waals surface area contributed by atoms with Crippen molar-refractivity contribution in [3.63, 3.8) is 0 Å².